The minimum atomic E-state index is -1.55. The summed E-state index contributed by atoms with van der Waals surface area (Å²) >= 11 is 0. The number of carbonyl (C=O) groups excluding carboxylic acids is 2. The van der Waals surface area contributed by atoms with Gasteiger partial charge in [0.05, 0.1) is 0 Å². The van der Waals surface area contributed by atoms with Crippen LogP contribution in [0.25, 0.3) is 11.1 Å². The van der Waals surface area contributed by atoms with Crippen LogP contribution in [0.5, 0.6) is 0 Å². The van der Waals surface area contributed by atoms with Gasteiger partial charge in [-0.2, -0.15) is 0 Å². The zero-order valence-corrected chi connectivity index (χ0v) is 18.8. The van der Waals surface area contributed by atoms with Crippen LogP contribution >= 0.6 is 0 Å². The average molecular weight is 455 g/mol. The van der Waals surface area contributed by atoms with Gasteiger partial charge in [0, 0.05) is 18.9 Å². The fraction of sp³-hybridized carbons (Fsp3) is 0.400. The lowest BCUT2D eigenvalue weighted by molar-refractivity contribution is -0.147. The van der Waals surface area contributed by atoms with E-state index in [0.717, 1.165) is 22.3 Å². The van der Waals surface area contributed by atoms with Gasteiger partial charge in [0.25, 0.3) is 0 Å². The summed E-state index contributed by atoms with van der Waals surface area (Å²) in [5.74, 6) is -2.05. The van der Waals surface area contributed by atoms with Crippen LogP contribution in [0.15, 0.2) is 48.5 Å². The molecule has 0 saturated heterocycles. The molecule has 0 heterocycles. The van der Waals surface area contributed by atoms with Crippen molar-refractivity contribution in [2.24, 2.45) is 5.92 Å². The van der Waals surface area contributed by atoms with Gasteiger partial charge in [0.1, 0.15) is 12.6 Å². The van der Waals surface area contributed by atoms with E-state index in [2.05, 4.69) is 22.8 Å². The van der Waals surface area contributed by atoms with Crippen molar-refractivity contribution in [3.63, 3.8) is 0 Å². The number of benzene rings is 2. The molecule has 33 heavy (non-hydrogen) atoms. The molecule has 2 amide bonds. The molecule has 0 fully saturated rings. The molecule has 3 rings (SSSR count). The number of carboxylic acids is 1. The molecule has 8 heteroatoms. The topological polar surface area (TPSA) is 125 Å². The lowest BCUT2D eigenvalue weighted by atomic mass is 9.98. The minimum absolute atomic E-state index is 0.0222. The van der Waals surface area contributed by atoms with Crippen LogP contribution in [0.4, 0.5) is 4.79 Å². The van der Waals surface area contributed by atoms with Gasteiger partial charge in [-0.05, 0) is 28.2 Å². The average Bonchev–Trinajstić information content (AvgIpc) is 3.14. The maximum Gasteiger partial charge on any atom is 0.407 e. The lowest BCUT2D eigenvalue weighted by Crippen LogP contribution is -2.51. The van der Waals surface area contributed by atoms with E-state index in [9.17, 15) is 19.5 Å². The van der Waals surface area contributed by atoms with Crippen molar-refractivity contribution in [3.8, 4) is 11.1 Å². The molecule has 0 saturated carbocycles. The van der Waals surface area contributed by atoms with Gasteiger partial charge in [-0.25, -0.2) is 9.59 Å². The monoisotopic (exact) mass is 454 g/mol. The maximum absolute atomic E-state index is 12.6. The molecule has 4 N–H and O–H groups in total. The molecule has 0 aromatic heterocycles. The van der Waals surface area contributed by atoms with Crippen LogP contribution in [-0.4, -0.2) is 53.5 Å². The van der Waals surface area contributed by atoms with Crippen molar-refractivity contribution >= 4 is 18.0 Å². The number of amides is 2. The van der Waals surface area contributed by atoms with Crippen LogP contribution in [-0.2, 0) is 14.3 Å². The highest BCUT2D eigenvalue weighted by Crippen LogP contribution is 2.44. The third-order valence-corrected chi connectivity index (χ3v) is 6.11. The van der Waals surface area contributed by atoms with Gasteiger partial charge in [-0.15, -0.1) is 0 Å². The quantitative estimate of drug-likeness (QED) is 0.438. The first-order valence-electron chi connectivity index (χ1n) is 11.1. The minimum Gasteiger partial charge on any atom is -0.479 e. The van der Waals surface area contributed by atoms with E-state index in [1.165, 1.54) is 0 Å². The summed E-state index contributed by atoms with van der Waals surface area (Å²) in [6.45, 7) is 3.85. The van der Waals surface area contributed by atoms with E-state index < -0.39 is 30.1 Å². The van der Waals surface area contributed by atoms with Crippen molar-refractivity contribution in [2.75, 3.05) is 13.2 Å². The molecule has 0 spiro atoms. The Bertz CT molecular complexity index is 962. The zero-order chi connectivity index (χ0) is 24.0. The van der Waals surface area contributed by atoms with Crippen molar-refractivity contribution in [3.05, 3.63) is 59.7 Å². The number of fused-ring (bicyclic) bond motifs is 3. The zero-order valence-electron chi connectivity index (χ0n) is 18.8. The van der Waals surface area contributed by atoms with E-state index in [-0.39, 0.29) is 31.4 Å². The first-order chi connectivity index (χ1) is 15.8. The summed E-state index contributed by atoms with van der Waals surface area (Å²) in [5.41, 5.74) is 4.45. The standard InChI is InChI=1S/C25H30N2O6/c1-3-15(2)22(23(29)26-13-12-21(28)24(30)31)27-25(32)33-14-20-18-10-6-4-8-16(18)17-9-5-7-11-19(17)20/h4-11,15,20-22,28H,3,12-14H2,1-2H3,(H,26,29)(H,27,32)(H,30,31)/t15?,21-,22-/m0/s1. The predicted octanol–water partition coefficient (Wildman–Crippen LogP) is 2.89. The van der Waals surface area contributed by atoms with E-state index in [4.69, 9.17) is 9.84 Å². The molecule has 0 radical (unpaired) electrons. The van der Waals surface area contributed by atoms with Crippen molar-refractivity contribution in [2.45, 2.75) is 44.8 Å². The molecule has 1 aliphatic carbocycles. The first-order valence-corrected chi connectivity index (χ1v) is 11.1. The fourth-order valence-electron chi connectivity index (χ4n) is 4.03. The number of aliphatic hydroxyl groups excluding tert-OH is 1. The number of nitrogens with one attached hydrogen (secondary N) is 2. The molecule has 8 nitrogen and oxygen atoms in total. The summed E-state index contributed by atoms with van der Waals surface area (Å²) in [7, 11) is 0. The predicted molar refractivity (Wildman–Crippen MR) is 123 cm³/mol. The normalized spacial score (nSPS) is 15.0. The van der Waals surface area contributed by atoms with E-state index in [1.807, 2.05) is 50.2 Å². The smallest absolute Gasteiger partial charge is 0.407 e. The summed E-state index contributed by atoms with van der Waals surface area (Å²) in [4.78, 5) is 35.9. The van der Waals surface area contributed by atoms with Gasteiger partial charge in [0.15, 0.2) is 6.10 Å². The highest BCUT2D eigenvalue weighted by atomic mass is 16.5. The largest absolute Gasteiger partial charge is 0.479 e. The Labute approximate surface area is 193 Å². The van der Waals surface area contributed by atoms with E-state index in [1.54, 1.807) is 0 Å². The highest BCUT2D eigenvalue weighted by Gasteiger charge is 2.31. The molecule has 0 bridgehead atoms. The van der Waals surface area contributed by atoms with E-state index in [0.29, 0.717) is 6.42 Å². The van der Waals surface area contributed by atoms with Crippen LogP contribution < -0.4 is 10.6 Å². The second kappa shape index (κ2) is 11.0. The molecular weight excluding hydrogens is 424 g/mol. The molecule has 2 aromatic rings. The Hall–Kier alpha value is -3.39. The number of ether oxygens (including phenoxy) is 1. The van der Waals surface area contributed by atoms with Gasteiger partial charge >= 0.3 is 12.1 Å². The number of hydrogen-bond donors (Lipinski definition) is 4. The lowest BCUT2D eigenvalue weighted by Gasteiger charge is -2.24. The second-order valence-electron chi connectivity index (χ2n) is 8.27. The Morgan fingerprint density at radius 2 is 1.61 bits per heavy atom. The number of rotatable bonds is 10. The number of alkyl carbamates (subject to hydrolysis) is 1. The van der Waals surface area contributed by atoms with Crippen LogP contribution in [0.3, 0.4) is 0 Å². The van der Waals surface area contributed by atoms with Crippen molar-refractivity contribution < 1.29 is 29.3 Å². The Kier molecular flexibility index (Phi) is 8.06. The first kappa shape index (κ1) is 24.3. The van der Waals surface area contributed by atoms with Gasteiger partial charge in [0.2, 0.25) is 5.91 Å². The molecule has 0 aliphatic heterocycles. The molecule has 1 aliphatic rings. The fourth-order valence-corrected chi connectivity index (χ4v) is 4.03. The third-order valence-electron chi connectivity index (χ3n) is 6.11. The number of carbonyl (C=O) groups is 3. The third kappa shape index (κ3) is 5.70. The maximum atomic E-state index is 12.6. The van der Waals surface area contributed by atoms with Crippen molar-refractivity contribution in [1.29, 1.82) is 0 Å². The summed E-state index contributed by atoms with van der Waals surface area (Å²) in [6.07, 6.45) is -1.73. The van der Waals surface area contributed by atoms with Gasteiger partial charge < -0.3 is 25.6 Å². The van der Waals surface area contributed by atoms with Crippen molar-refractivity contribution in [1.82, 2.24) is 10.6 Å². The second-order valence-corrected chi connectivity index (χ2v) is 8.27. The Morgan fingerprint density at radius 3 is 2.15 bits per heavy atom. The Morgan fingerprint density at radius 1 is 1.03 bits per heavy atom. The van der Waals surface area contributed by atoms with Gasteiger partial charge in [-0.3, -0.25) is 4.79 Å². The van der Waals surface area contributed by atoms with Gasteiger partial charge in [-0.1, -0.05) is 68.8 Å². The number of aliphatic carboxylic acids is 1. The van der Waals surface area contributed by atoms with Crippen LogP contribution in [0.2, 0.25) is 0 Å². The molecular formula is C25H30N2O6. The summed E-state index contributed by atoms with van der Waals surface area (Å²) in [5, 5.41) is 23.3. The Balaban J connectivity index is 1.61. The number of aliphatic hydroxyl groups is 1. The molecule has 176 valence electrons. The summed E-state index contributed by atoms with van der Waals surface area (Å²) < 4.78 is 5.54. The summed E-state index contributed by atoms with van der Waals surface area (Å²) in [6, 6.07) is 15.2. The van der Waals surface area contributed by atoms with Crippen LogP contribution in [0, 0.1) is 5.92 Å². The number of carboxylic acid groups (broad SMARTS) is 1. The molecule has 1 unspecified atom stereocenters. The highest BCUT2D eigenvalue weighted by molar-refractivity contribution is 5.86. The number of hydrogen-bond acceptors (Lipinski definition) is 5. The SMILES string of the molecule is CCC(C)[C@H](NC(=O)OCC1c2ccccc2-c2ccccc21)C(=O)NCC[C@H](O)C(=O)O. The molecule has 3 atom stereocenters. The molecule has 2 aromatic carbocycles. The van der Waals surface area contributed by atoms with E-state index >= 15 is 0 Å². The van der Waals surface area contributed by atoms with Crippen LogP contribution in [0.1, 0.15) is 43.7 Å².